The molecule has 2 aromatic carbocycles. The van der Waals surface area contributed by atoms with Crippen LogP contribution in [0.25, 0.3) is 5.69 Å². The second-order valence-electron chi connectivity index (χ2n) is 7.82. The number of aromatic nitrogens is 4. The van der Waals surface area contributed by atoms with E-state index in [0.29, 0.717) is 50.8 Å². The quantitative estimate of drug-likeness (QED) is 0.510. The second-order valence-corrected chi connectivity index (χ2v) is 9.76. The summed E-state index contributed by atoms with van der Waals surface area (Å²) in [5, 5.41) is 14.7. The van der Waals surface area contributed by atoms with Crippen molar-refractivity contribution in [3.05, 3.63) is 54.4 Å². The van der Waals surface area contributed by atoms with Gasteiger partial charge in [0.2, 0.25) is 15.9 Å². The third kappa shape index (κ3) is 5.41. The van der Waals surface area contributed by atoms with Crippen molar-refractivity contribution >= 4 is 21.6 Å². The highest BCUT2D eigenvalue weighted by atomic mass is 32.2. The fraction of sp³-hybridized carbons (Fsp3) is 0.364. The first-order valence-electron chi connectivity index (χ1n) is 11.0. The molecule has 180 valence electrons. The number of hydrogen-bond donors (Lipinski definition) is 1. The van der Waals surface area contributed by atoms with Crippen LogP contribution in [0.15, 0.2) is 53.4 Å². The molecule has 1 amide bonds. The van der Waals surface area contributed by atoms with Crippen molar-refractivity contribution in [3.63, 3.8) is 0 Å². The molecule has 0 spiro atoms. The molecule has 0 radical (unpaired) electrons. The largest absolute Gasteiger partial charge is 0.494 e. The van der Waals surface area contributed by atoms with Gasteiger partial charge in [0, 0.05) is 38.8 Å². The Balaban J connectivity index is 1.37. The monoisotopic (exact) mass is 485 g/mol. The number of carbonyl (C=O) groups is 1. The number of sulfonamides is 1. The van der Waals surface area contributed by atoms with Crippen LogP contribution in [0.5, 0.6) is 5.75 Å². The van der Waals surface area contributed by atoms with Crippen molar-refractivity contribution in [1.82, 2.24) is 29.4 Å². The molecule has 1 fully saturated rings. The van der Waals surface area contributed by atoms with E-state index >= 15 is 0 Å². The van der Waals surface area contributed by atoms with Crippen molar-refractivity contribution in [3.8, 4) is 11.4 Å². The van der Waals surface area contributed by atoms with Crippen molar-refractivity contribution < 1.29 is 17.9 Å². The minimum Gasteiger partial charge on any atom is -0.494 e. The molecule has 0 saturated carbocycles. The summed E-state index contributed by atoms with van der Waals surface area (Å²) in [6.07, 6.45) is 0. The van der Waals surface area contributed by atoms with E-state index in [1.165, 1.54) is 23.4 Å². The lowest BCUT2D eigenvalue weighted by Crippen LogP contribution is -2.48. The summed E-state index contributed by atoms with van der Waals surface area (Å²) in [7, 11) is -3.62. The van der Waals surface area contributed by atoms with Gasteiger partial charge in [-0.2, -0.15) is 8.99 Å². The Kier molecular flexibility index (Phi) is 7.20. The number of hydrogen-bond acceptors (Lipinski definition) is 8. The molecule has 12 heteroatoms. The van der Waals surface area contributed by atoms with Gasteiger partial charge in [-0.25, -0.2) is 8.42 Å². The average molecular weight is 486 g/mol. The van der Waals surface area contributed by atoms with E-state index < -0.39 is 10.0 Å². The van der Waals surface area contributed by atoms with Gasteiger partial charge in [0.1, 0.15) is 5.75 Å². The number of nitrogens with zero attached hydrogens (tertiary/aromatic N) is 6. The molecule has 1 saturated heterocycles. The highest BCUT2D eigenvalue weighted by molar-refractivity contribution is 7.89. The van der Waals surface area contributed by atoms with Gasteiger partial charge in [-0.15, -0.1) is 5.10 Å². The predicted molar refractivity (Wildman–Crippen MR) is 125 cm³/mol. The number of ether oxygens (including phenoxy) is 1. The van der Waals surface area contributed by atoms with E-state index in [2.05, 4.69) is 25.7 Å². The molecule has 0 atom stereocenters. The van der Waals surface area contributed by atoms with E-state index in [-0.39, 0.29) is 10.8 Å². The van der Waals surface area contributed by atoms with Gasteiger partial charge in [0.25, 0.3) is 0 Å². The van der Waals surface area contributed by atoms with Crippen molar-refractivity contribution in [1.29, 1.82) is 0 Å². The van der Waals surface area contributed by atoms with Crippen LogP contribution in [-0.2, 0) is 21.4 Å². The lowest BCUT2D eigenvalue weighted by Gasteiger charge is -2.33. The van der Waals surface area contributed by atoms with E-state index in [0.717, 1.165) is 11.4 Å². The second kappa shape index (κ2) is 10.3. The molecule has 4 rings (SSSR count). The van der Waals surface area contributed by atoms with Crippen molar-refractivity contribution in [2.75, 3.05) is 38.1 Å². The summed E-state index contributed by atoms with van der Waals surface area (Å²) < 4.78 is 34.7. The van der Waals surface area contributed by atoms with E-state index in [4.69, 9.17) is 4.74 Å². The number of tetrazole rings is 1. The van der Waals surface area contributed by atoms with Crippen LogP contribution in [-0.4, -0.2) is 76.5 Å². The van der Waals surface area contributed by atoms with Gasteiger partial charge in [-0.1, -0.05) is 0 Å². The molecular weight excluding hydrogens is 458 g/mol. The maximum atomic E-state index is 13.0. The molecule has 1 aliphatic heterocycles. The summed E-state index contributed by atoms with van der Waals surface area (Å²) in [6.45, 7) is 6.27. The number of piperazine rings is 1. The number of carbonyl (C=O) groups excluding carboxylic acids is 1. The minimum absolute atomic E-state index is 0.203. The molecule has 11 nitrogen and oxygen atoms in total. The Morgan fingerprint density at radius 1 is 1.03 bits per heavy atom. The topological polar surface area (TPSA) is 123 Å². The molecule has 0 unspecified atom stereocenters. The fourth-order valence-corrected chi connectivity index (χ4v) is 5.17. The zero-order valence-electron chi connectivity index (χ0n) is 19.1. The Hall–Kier alpha value is -3.35. The zero-order chi connectivity index (χ0) is 24.1. The first-order valence-corrected chi connectivity index (χ1v) is 12.4. The Bertz CT molecular complexity index is 1220. The highest BCUT2D eigenvalue weighted by Crippen LogP contribution is 2.21. The number of benzene rings is 2. The molecule has 0 aliphatic carbocycles. The normalized spacial score (nSPS) is 15.2. The number of anilines is 1. The standard InChI is InChI=1S/C22H27N7O4S/c1-3-33-20-8-6-19(7-9-20)29-22(24-25-26-29)16-27-12-14-28(15-13-27)34(31,32)21-10-4-18(5-11-21)23-17(2)30/h4-11H,3,12-16H2,1-2H3,(H,23,30). The lowest BCUT2D eigenvalue weighted by atomic mass is 10.3. The summed E-state index contributed by atoms with van der Waals surface area (Å²) in [4.78, 5) is 13.5. The zero-order valence-corrected chi connectivity index (χ0v) is 19.9. The van der Waals surface area contributed by atoms with Crippen LogP contribution < -0.4 is 10.1 Å². The fourth-order valence-electron chi connectivity index (χ4n) is 3.75. The molecule has 1 N–H and O–H groups in total. The molecule has 3 aromatic rings. The van der Waals surface area contributed by atoms with E-state index in [9.17, 15) is 13.2 Å². The molecule has 1 aromatic heterocycles. The van der Waals surface area contributed by atoms with Gasteiger partial charge < -0.3 is 10.1 Å². The van der Waals surface area contributed by atoms with Gasteiger partial charge in [0.15, 0.2) is 5.82 Å². The first kappa shape index (κ1) is 23.8. The molecule has 2 heterocycles. The summed E-state index contributed by atoms with van der Waals surface area (Å²) >= 11 is 0. The van der Waals surface area contributed by atoms with Crippen molar-refractivity contribution in [2.24, 2.45) is 0 Å². The van der Waals surface area contributed by atoms with Crippen LogP contribution in [0.1, 0.15) is 19.7 Å². The van der Waals surface area contributed by atoms with Gasteiger partial charge in [-0.05, 0) is 65.9 Å². The number of rotatable bonds is 8. The lowest BCUT2D eigenvalue weighted by molar-refractivity contribution is -0.114. The van der Waals surface area contributed by atoms with Crippen LogP contribution in [0.2, 0.25) is 0 Å². The Labute approximate surface area is 198 Å². The van der Waals surface area contributed by atoms with E-state index in [1.807, 2.05) is 31.2 Å². The van der Waals surface area contributed by atoms with Crippen LogP contribution in [0, 0.1) is 0 Å². The molecule has 34 heavy (non-hydrogen) atoms. The van der Waals surface area contributed by atoms with Crippen LogP contribution >= 0.6 is 0 Å². The van der Waals surface area contributed by atoms with Crippen LogP contribution in [0.3, 0.4) is 0 Å². The van der Waals surface area contributed by atoms with Gasteiger partial charge in [-0.3, -0.25) is 9.69 Å². The van der Waals surface area contributed by atoms with Crippen LogP contribution in [0.4, 0.5) is 5.69 Å². The average Bonchev–Trinajstić information content (AvgIpc) is 3.28. The number of amides is 1. The maximum Gasteiger partial charge on any atom is 0.243 e. The summed E-state index contributed by atoms with van der Waals surface area (Å²) in [5.74, 6) is 1.25. The third-order valence-corrected chi connectivity index (χ3v) is 7.35. The predicted octanol–water partition coefficient (Wildman–Crippen LogP) is 1.53. The smallest absolute Gasteiger partial charge is 0.243 e. The third-order valence-electron chi connectivity index (χ3n) is 5.44. The SMILES string of the molecule is CCOc1ccc(-n2nnnc2CN2CCN(S(=O)(=O)c3ccc(NC(C)=O)cc3)CC2)cc1. The Morgan fingerprint density at radius 3 is 2.32 bits per heavy atom. The Morgan fingerprint density at radius 2 is 1.71 bits per heavy atom. The minimum atomic E-state index is -3.62. The maximum absolute atomic E-state index is 13.0. The van der Waals surface area contributed by atoms with Gasteiger partial charge in [0.05, 0.1) is 23.7 Å². The summed E-state index contributed by atoms with van der Waals surface area (Å²) in [5.41, 5.74) is 1.38. The van der Waals surface area contributed by atoms with Gasteiger partial charge >= 0.3 is 0 Å². The summed E-state index contributed by atoms with van der Waals surface area (Å²) in [6, 6.07) is 13.7. The molecule has 1 aliphatic rings. The first-order chi connectivity index (χ1) is 16.4. The molecular formula is C22H27N7O4S. The highest BCUT2D eigenvalue weighted by Gasteiger charge is 2.29. The molecule has 0 bridgehead atoms. The number of nitrogens with one attached hydrogen (secondary N) is 1. The van der Waals surface area contributed by atoms with E-state index in [1.54, 1.807) is 16.8 Å². The van der Waals surface area contributed by atoms with Crippen molar-refractivity contribution in [2.45, 2.75) is 25.3 Å².